The van der Waals surface area contributed by atoms with Gasteiger partial charge in [0.15, 0.2) is 13.2 Å². The van der Waals surface area contributed by atoms with Gasteiger partial charge in [-0.2, -0.15) is 0 Å². The van der Waals surface area contributed by atoms with Gasteiger partial charge in [0.25, 0.3) is 5.91 Å². The molecule has 1 aromatic rings. The number of halogens is 1. The number of nitrogens with one attached hydrogen (secondary N) is 1. The average Bonchev–Trinajstić information content (AvgIpc) is 2.54. The van der Waals surface area contributed by atoms with Crippen LogP contribution in [-0.4, -0.2) is 31.1 Å². The van der Waals surface area contributed by atoms with Gasteiger partial charge in [-0.05, 0) is 43.0 Å². The monoisotopic (exact) mass is 323 g/mol. The van der Waals surface area contributed by atoms with E-state index in [1.807, 2.05) is 0 Å². The molecule has 1 N–H and O–H groups in total. The van der Waals surface area contributed by atoms with E-state index in [1.165, 1.54) is 30.7 Å². The first-order chi connectivity index (χ1) is 11.0. The summed E-state index contributed by atoms with van der Waals surface area (Å²) in [6, 6.07) is 5.46. The van der Waals surface area contributed by atoms with Crippen LogP contribution < -0.4 is 10.1 Å². The molecule has 1 saturated carbocycles. The molecule has 2 rings (SSSR count). The average molecular weight is 323 g/mol. The number of carbonyl (C=O) groups excluding carboxylic acids is 2. The lowest BCUT2D eigenvalue weighted by Crippen LogP contribution is -2.43. The van der Waals surface area contributed by atoms with Crippen molar-refractivity contribution in [1.29, 1.82) is 0 Å². The van der Waals surface area contributed by atoms with Crippen molar-refractivity contribution in [3.05, 3.63) is 30.1 Å². The molecule has 0 aromatic heterocycles. The molecule has 6 heteroatoms. The number of hydrogen-bond acceptors (Lipinski definition) is 4. The van der Waals surface area contributed by atoms with E-state index < -0.39 is 5.97 Å². The van der Waals surface area contributed by atoms with Crippen LogP contribution in [-0.2, 0) is 14.3 Å². The van der Waals surface area contributed by atoms with Crippen LogP contribution in [0.5, 0.6) is 5.75 Å². The van der Waals surface area contributed by atoms with Gasteiger partial charge in [-0.3, -0.25) is 4.79 Å². The normalized spacial score (nSPS) is 20.6. The molecule has 1 aliphatic carbocycles. The number of esters is 1. The summed E-state index contributed by atoms with van der Waals surface area (Å²) in [5, 5.41) is 2.91. The van der Waals surface area contributed by atoms with Gasteiger partial charge in [-0.1, -0.05) is 19.8 Å². The highest BCUT2D eigenvalue weighted by Crippen LogP contribution is 2.23. The SMILES string of the molecule is C[C@H]1CCCC[C@H]1NC(=O)COC(=O)COc1ccc(F)cc1. The Morgan fingerprint density at radius 1 is 1.17 bits per heavy atom. The van der Waals surface area contributed by atoms with Crippen molar-refractivity contribution in [2.75, 3.05) is 13.2 Å². The summed E-state index contributed by atoms with van der Waals surface area (Å²) in [7, 11) is 0. The van der Waals surface area contributed by atoms with E-state index in [9.17, 15) is 14.0 Å². The van der Waals surface area contributed by atoms with E-state index >= 15 is 0 Å². The molecule has 0 heterocycles. The molecule has 0 aliphatic heterocycles. The maximum atomic E-state index is 12.7. The van der Waals surface area contributed by atoms with Gasteiger partial charge >= 0.3 is 5.97 Å². The molecule has 126 valence electrons. The molecular formula is C17H22FNO4. The minimum Gasteiger partial charge on any atom is -0.482 e. The number of ether oxygens (including phenoxy) is 2. The molecule has 2 atom stereocenters. The van der Waals surface area contributed by atoms with Crippen molar-refractivity contribution in [3.63, 3.8) is 0 Å². The Labute approximate surface area is 135 Å². The van der Waals surface area contributed by atoms with Crippen molar-refractivity contribution in [2.45, 2.75) is 38.6 Å². The van der Waals surface area contributed by atoms with Gasteiger partial charge in [0, 0.05) is 6.04 Å². The molecule has 1 fully saturated rings. The summed E-state index contributed by atoms with van der Waals surface area (Å²) in [6.45, 7) is 1.49. The Hall–Kier alpha value is -2.11. The van der Waals surface area contributed by atoms with E-state index in [0.29, 0.717) is 11.7 Å². The van der Waals surface area contributed by atoms with Crippen LogP contribution >= 0.6 is 0 Å². The fraction of sp³-hybridized carbons (Fsp3) is 0.529. The first-order valence-corrected chi connectivity index (χ1v) is 7.88. The van der Waals surface area contributed by atoms with E-state index in [4.69, 9.17) is 9.47 Å². The third-order valence-electron chi connectivity index (χ3n) is 3.99. The van der Waals surface area contributed by atoms with Gasteiger partial charge in [0.05, 0.1) is 0 Å². The van der Waals surface area contributed by atoms with Crippen LogP contribution in [0.25, 0.3) is 0 Å². The Balaban J connectivity index is 1.65. The number of hydrogen-bond donors (Lipinski definition) is 1. The van der Waals surface area contributed by atoms with Gasteiger partial charge in [0.2, 0.25) is 0 Å². The molecule has 1 aliphatic rings. The lowest BCUT2D eigenvalue weighted by Gasteiger charge is -2.29. The van der Waals surface area contributed by atoms with Crippen LogP contribution in [0.3, 0.4) is 0 Å². The summed E-state index contributed by atoms with van der Waals surface area (Å²) >= 11 is 0. The van der Waals surface area contributed by atoms with Crippen molar-refractivity contribution in [3.8, 4) is 5.75 Å². The van der Waals surface area contributed by atoms with Crippen LogP contribution in [0.15, 0.2) is 24.3 Å². The van der Waals surface area contributed by atoms with Crippen molar-refractivity contribution in [1.82, 2.24) is 5.32 Å². The quantitative estimate of drug-likeness (QED) is 0.817. The first-order valence-electron chi connectivity index (χ1n) is 7.88. The predicted molar refractivity (Wildman–Crippen MR) is 82.4 cm³/mol. The maximum Gasteiger partial charge on any atom is 0.344 e. The van der Waals surface area contributed by atoms with Crippen molar-refractivity contribution >= 4 is 11.9 Å². The van der Waals surface area contributed by atoms with E-state index in [1.54, 1.807) is 0 Å². The van der Waals surface area contributed by atoms with Gasteiger partial charge < -0.3 is 14.8 Å². The largest absolute Gasteiger partial charge is 0.482 e. The highest BCUT2D eigenvalue weighted by molar-refractivity contribution is 5.81. The summed E-state index contributed by atoms with van der Waals surface area (Å²) in [5.74, 6) is -0.498. The molecule has 0 bridgehead atoms. The zero-order valence-electron chi connectivity index (χ0n) is 13.2. The second-order valence-corrected chi connectivity index (χ2v) is 5.84. The fourth-order valence-electron chi connectivity index (χ4n) is 2.64. The Kier molecular flexibility index (Phi) is 6.38. The number of carbonyl (C=O) groups is 2. The summed E-state index contributed by atoms with van der Waals surface area (Å²) in [6.07, 6.45) is 4.38. The topological polar surface area (TPSA) is 64.6 Å². The minimum atomic E-state index is -0.638. The molecule has 0 unspecified atom stereocenters. The summed E-state index contributed by atoms with van der Waals surface area (Å²) in [4.78, 5) is 23.3. The molecule has 1 amide bonds. The molecule has 0 radical (unpaired) electrons. The third kappa shape index (κ3) is 5.88. The molecule has 23 heavy (non-hydrogen) atoms. The van der Waals surface area contributed by atoms with E-state index in [0.717, 1.165) is 19.3 Å². The van der Waals surface area contributed by atoms with E-state index in [-0.39, 0.29) is 31.0 Å². The summed E-state index contributed by atoms with van der Waals surface area (Å²) < 4.78 is 22.7. The van der Waals surface area contributed by atoms with Crippen molar-refractivity contribution < 1.29 is 23.5 Å². The van der Waals surface area contributed by atoms with E-state index in [2.05, 4.69) is 12.2 Å². The lowest BCUT2D eigenvalue weighted by molar-refractivity contribution is -0.150. The Morgan fingerprint density at radius 3 is 2.57 bits per heavy atom. The van der Waals surface area contributed by atoms with Crippen LogP contribution in [0.2, 0.25) is 0 Å². The van der Waals surface area contributed by atoms with Gasteiger partial charge in [-0.25, -0.2) is 9.18 Å². The Bertz CT molecular complexity index is 532. The molecule has 0 saturated heterocycles. The zero-order valence-corrected chi connectivity index (χ0v) is 13.2. The maximum absolute atomic E-state index is 12.7. The van der Waals surface area contributed by atoms with Crippen LogP contribution in [0, 0.1) is 11.7 Å². The fourth-order valence-corrected chi connectivity index (χ4v) is 2.64. The smallest absolute Gasteiger partial charge is 0.344 e. The molecule has 1 aromatic carbocycles. The molecule has 0 spiro atoms. The molecule has 5 nitrogen and oxygen atoms in total. The van der Waals surface area contributed by atoms with Gasteiger partial charge in [0.1, 0.15) is 11.6 Å². The second kappa shape index (κ2) is 8.50. The van der Waals surface area contributed by atoms with Crippen LogP contribution in [0.1, 0.15) is 32.6 Å². The predicted octanol–water partition coefficient (Wildman–Crippen LogP) is 2.44. The Morgan fingerprint density at radius 2 is 1.87 bits per heavy atom. The minimum absolute atomic E-state index is 0.158. The highest BCUT2D eigenvalue weighted by atomic mass is 19.1. The number of amides is 1. The summed E-state index contributed by atoms with van der Waals surface area (Å²) in [5.41, 5.74) is 0. The van der Waals surface area contributed by atoms with Crippen LogP contribution in [0.4, 0.5) is 4.39 Å². The second-order valence-electron chi connectivity index (χ2n) is 5.84. The zero-order chi connectivity index (χ0) is 16.7. The standard InChI is InChI=1S/C17H22FNO4/c1-12-4-2-3-5-15(12)19-16(20)10-23-17(21)11-22-14-8-6-13(18)7-9-14/h6-9,12,15H,2-5,10-11H2,1H3,(H,19,20)/t12-,15+/m0/s1. The third-order valence-corrected chi connectivity index (χ3v) is 3.99. The highest BCUT2D eigenvalue weighted by Gasteiger charge is 2.23. The van der Waals surface area contributed by atoms with Crippen molar-refractivity contribution in [2.24, 2.45) is 5.92 Å². The first kappa shape index (κ1) is 17.2. The molecular weight excluding hydrogens is 301 g/mol. The lowest BCUT2D eigenvalue weighted by atomic mass is 9.86. The number of rotatable bonds is 6. The number of benzene rings is 1. The van der Waals surface area contributed by atoms with Gasteiger partial charge in [-0.15, -0.1) is 0 Å².